The van der Waals surface area contributed by atoms with Crippen LogP contribution >= 0.6 is 0 Å². The molecule has 2 amide bonds. The van der Waals surface area contributed by atoms with Gasteiger partial charge in [-0.25, -0.2) is 23.3 Å². The monoisotopic (exact) mass is 326 g/mol. The first kappa shape index (κ1) is 16.4. The molecule has 1 aliphatic rings. The molecule has 0 saturated heterocycles. The van der Waals surface area contributed by atoms with Gasteiger partial charge in [-0.15, -0.1) is 0 Å². The van der Waals surface area contributed by atoms with Crippen LogP contribution in [0.3, 0.4) is 0 Å². The zero-order chi connectivity index (χ0) is 16.3. The molecule has 8 heteroatoms. The van der Waals surface area contributed by atoms with E-state index < -0.39 is 22.0 Å². The van der Waals surface area contributed by atoms with Crippen LogP contribution in [-0.4, -0.2) is 27.0 Å². The van der Waals surface area contributed by atoms with Crippen LogP contribution in [-0.2, 0) is 26.0 Å². The van der Waals surface area contributed by atoms with Crippen molar-refractivity contribution in [3.05, 3.63) is 23.8 Å². The number of amides is 2. The van der Waals surface area contributed by atoms with Crippen LogP contribution in [0.25, 0.3) is 0 Å². The van der Waals surface area contributed by atoms with Gasteiger partial charge in [0.2, 0.25) is 15.9 Å². The maximum absolute atomic E-state index is 12.1. The van der Waals surface area contributed by atoms with Crippen molar-refractivity contribution in [2.45, 2.75) is 37.5 Å². The highest BCUT2D eigenvalue weighted by Gasteiger charge is 2.31. The van der Waals surface area contributed by atoms with E-state index in [0.29, 0.717) is 18.4 Å². The van der Waals surface area contributed by atoms with Crippen molar-refractivity contribution in [1.29, 1.82) is 0 Å². The van der Waals surface area contributed by atoms with E-state index in [1.54, 1.807) is 6.07 Å². The summed E-state index contributed by atoms with van der Waals surface area (Å²) < 4.78 is 28.0. The molecule has 0 aromatic heterocycles. The Bertz CT molecular complexity index is 699. The molecule has 2 N–H and O–H groups in total. The van der Waals surface area contributed by atoms with Gasteiger partial charge in [0.25, 0.3) is 0 Å². The summed E-state index contributed by atoms with van der Waals surface area (Å²) in [5, 5.41) is 5.10. The standard InChI is InChI=1S/C14H18N2O5S/c1-2-3-8-21-14(18)16-12-9-11(22(15,19)20)6-4-10(12)5-7-13(16)17/h4,6,9H,2-3,5,7-8H2,1H3,(H2,15,19,20). The van der Waals surface area contributed by atoms with Gasteiger partial charge in [-0.1, -0.05) is 19.4 Å². The second-order valence-electron chi connectivity index (χ2n) is 5.03. The molecule has 0 unspecified atom stereocenters. The summed E-state index contributed by atoms with van der Waals surface area (Å²) in [6.45, 7) is 2.16. The zero-order valence-corrected chi connectivity index (χ0v) is 13.1. The van der Waals surface area contributed by atoms with Gasteiger partial charge < -0.3 is 4.74 Å². The summed E-state index contributed by atoms with van der Waals surface area (Å²) in [5.41, 5.74) is 0.934. The fraction of sp³-hybridized carbons (Fsp3) is 0.429. The van der Waals surface area contributed by atoms with Crippen LogP contribution in [0.5, 0.6) is 0 Å². The number of hydrogen-bond acceptors (Lipinski definition) is 5. The SMILES string of the molecule is CCCCOC(=O)N1C(=O)CCc2ccc(S(N)(=O)=O)cc21. The number of benzene rings is 1. The minimum absolute atomic E-state index is 0.146. The van der Waals surface area contributed by atoms with Crippen LogP contribution in [0, 0.1) is 0 Å². The number of rotatable bonds is 4. The van der Waals surface area contributed by atoms with E-state index in [4.69, 9.17) is 9.88 Å². The minimum Gasteiger partial charge on any atom is -0.449 e. The first-order valence-electron chi connectivity index (χ1n) is 7.00. The first-order chi connectivity index (χ1) is 10.3. The van der Waals surface area contributed by atoms with Crippen molar-refractivity contribution < 1.29 is 22.7 Å². The number of nitrogens with two attached hydrogens (primary N) is 1. The number of fused-ring (bicyclic) bond motifs is 1. The van der Waals surface area contributed by atoms with Gasteiger partial charge in [0, 0.05) is 6.42 Å². The molecule has 0 aliphatic carbocycles. The lowest BCUT2D eigenvalue weighted by Gasteiger charge is -2.27. The van der Waals surface area contributed by atoms with E-state index in [1.807, 2.05) is 6.92 Å². The molecule has 7 nitrogen and oxygen atoms in total. The molecule has 0 atom stereocenters. The highest BCUT2D eigenvalue weighted by molar-refractivity contribution is 7.89. The summed E-state index contributed by atoms with van der Waals surface area (Å²) >= 11 is 0. The Morgan fingerprint density at radius 3 is 2.73 bits per heavy atom. The molecule has 0 bridgehead atoms. The number of sulfonamides is 1. The number of imide groups is 1. The van der Waals surface area contributed by atoms with E-state index in [2.05, 4.69) is 0 Å². The number of ether oxygens (including phenoxy) is 1. The Labute approximate surface area is 129 Å². The topological polar surface area (TPSA) is 107 Å². The summed E-state index contributed by atoms with van der Waals surface area (Å²) in [5.74, 6) is -0.416. The second kappa shape index (κ2) is 6.45. The average Bonchev–Trinajstić information content (AvgIpc) is 2.45. The largest absolute Gasteiger partial charge is 0.449 e. The Kier molecular flexibility index (Phi) is 4.82. The van der Waals surface area contributed by atoms with Crippen LogP contribution in [0.1, 0.15) is 31.7 Å². The first-order valence-corrected chi connectivity index (χ1v) is 8.54. The summed E-state index contributed by atoms with van der Waals surface area (Å²) in [6, 6.07) is 4.17. The molecule has 1 aromatic carbocycles. The lowest BCUT2D eigenvalue weighted by Crippen LogP contribution is -2.41. The minimum atomic E-state index is -3.91. The predicted octanol–water partition coefficient (Wildman–Crippen LogP) is 1.55. The van der Waals surface area contributed by atoms with E-state index >= 15 is 0 Å². The van der Waals surface area contributed by atoms with Crippen molar-refractivity contribution in [3.8, 4) is 0 Å². The Morgan fingerprint density at radius 2 is 2.09 bits per heavy atom. The molecule has 2 rings (SSSR count). The second-order valence-corrected chi connectivity index (χ2v) is 6.59. The number of unbranched alkanes of at least 4 members (excludes halogenated alkanes) is 1. The molecule has 1 heterocycles. The maximum atomic E-state index is 12.1. The van der Waals surface area contributed by atoms with Crippen molar-refractivity contribution in [2.24, 2.45) is 5.14 Å². The van der Waals surface area contributed by atoms with Gasteiger partial charge in [-0.05, 0) is 30.5 Å². The molecule has 0 fully saturated rings. The van der Waals surface area contributed by atoms with E-state index in [-0.39, 0.29) is 23.6 Å². The van der Waals surface area contributed by atoms with Crippen molar-refractivity contribution in [1.82, 2.24) is 0 Å². The predicted molar refractivity (Wildman–Crippen MR) is 79.9 cm³/mol. The zero-order valence-electron chi connectivity index (χ0n) is 12.2. The molecular weight excluding hydrogens is 308 g/mol. The number of carbonyl (C=O) groups excluding carboxylic acids is 2. The van der Waals surface area contributed by atoms with Crippen molar-refractivity contribution in [3.63, 3.8) is 0 Å². The fourth-order valence-electron chi connectivity index (χ4n) is 2.20. The van der Waals surface area contributed by atoms with E-state index in [9.17, 15) is 18.0 Å². The molecule has 0 radical (unpaired) electrons. The van der Waals surface area contributed by atoms with Crippen LogP contribution < -0.4 is 10.0 Å². The third-order valence-corrected chi connectivity index (χ3v) is 4.30. The van der Waals surface area contributed by atoms with Crippen molar-refractivity contribution >= 4 is 27.7 Å². The average molecular weight is 326 g/mol. The molecular formula is C14H18N2O5S. The normalized spacial score (nSPS) is 14.6. The number of carbonyl (C=O) groups is 2. The summed E-state index contributed by atoms with van der Waals surface area (Å²) in [7, 11) is -3.91. The quantitative estimate of drug-likeness (QED) is 0.845. The third kappa shape index (κ3) is 3.45. The van der Waals surface area contributed by atoms with Gasteiger partial charge in [-0.3, -0.25) is 4.79 Å². The summed E-state index contributed by atoms with van der Waals surface area (Å²) in [4.78, 5) is 24.9. The molecule has 1 aliphatic heterocycles. The fourth-order valence-corrected chi connectivity index (χ4v) is 2.73. The Morgan fingerprint density at radius 1 is 1.36 bits per heavy atom. The third-order valence-electron chi connectivity index (χ3n) is 3.39. The van der Waals surface area contributed by atoms with Gasteiger partial charge in [0.15, 0.2) is 0 Å². The Balaban J connectivity index is 2.36. The number of primary sulfonamides is 1. The van der Waals surface area contributed by atoms with Crippen molar-refractivity contribution in [2.75, 3.05) is 11.5 Å². The summed E-state index contributed by atoms with van der Waals surface area (Å²) in [6.07, 6.45) is 1.37. The van der Waals surface area contributed by atoms with Crippen LogP contribution in [0.2, 0.25) is 0 Å². The van der Waals surface area contributed by atoms with Crippen LogP contribution in [0.15, 0.2) is 23.1 Å². The van der Waals surface area contributed by atoms with Crippen LogP contribution in [0.4, 0.5) is 10.5 Å². The van der Waals surface area contributed by atoms with Gasteiger partial charge in [0.05, 0.1) is 17.2 Å². The highest BCUT2D eigenvalue weighted by Crippen LogP contribution is 2.30. The lowest BCUT2D eigenvalue weighted by atomic mass is 10.0. The van der Waals surface area contributed by atoms with Gasteiger partial charge in [-0.2, -0.15) is 0 Å². The number of hydrogen-bond donors (Lipinski definition) is 1. The number of aryl methyl sites for hydroxylation is 1. The number of nitrogens with zero attached hydrogens (tertiary/aromatic N) is 1. The number of anilines is 1. The maximum Gasteiger partial charge on any atom is 0.421 e. The molecule has 0 saturated carbocycles. The molecule has 120 valence electrons. The van der Waals surface area contributed by atoms with Gasteiger partial charge >= 0.3 is 6.09 Å². The Hall–Kier alpha value is -1.93. The highest BCUT2D eigenvalue weighted by atomic mass is 32.2. The molecule has 1 aromatic rings. The van der Waals surface area contributed by atoms with E-state index in [0.717, 1.165) is 11.3 Å². The molecule has 0 spiro atoms. The lowest BCUT2D eigenvalue weighted by molar-refractivity contribution is -0.118. The van der Waals surface area contributed by atoms with Gasteiger partial charge in [0.1, 0.15) is 0 Å². The van der Waals surface area contributed by atoms with E-state index in [1.165, 1.54) is 12.1 Å². The molecule has 22 heavy (non-hydrogen) atoms. The smallest absolute Gasteiger partial charge is 0.421 e.